The third-order valence-electron chi connectivity index (χ3n) is 4.41. The predicted octanol–water partition coefficient (Wildman–Crippen LogP) is 3.33. The number of hydrogen-bond donors (Lipinski definition) is 1. The average molecular weight is 395 g/mol. The number of amides is 1. The van der Waals surface area contributed by atoms with Gasteiger partial charge in [-0.25, -0.2) is 9.07 Å². The summed E-state index contributed by atoms with van der Waals surface area (Å²) in [4.78, 5) is 24.8. The van der Waals surface area contributed by atoms with E-state index in [2.05, 4.69) is 10.4 Å². The van der Waals surface area contributed by atoms with Gasteiger partial charge < -0.3 is 10.1 Å². The molecule has 1 aromatic heterocycles. The van der Waals surface area contributed by atoms with Gasteiger partial charge in [-0.15, -0.1) is 0 Å². The van der Waals surface area contributed by atoms with Crippen molar-refractivity contribution in [3.8, 4) is 17.0 Å². The number of carbonyl (C=O) groups excluding carboxylic acids is 1. The van der Waals surface area contributed by atoms with Gasteiger partial charge in [0.25, 0.3) is 5.56 Å². The molecule has 1 amide bonds. The lowest BCUT2D eigenvalue weighted by atomic mass is 10.1. The van der Waals surface area contributed by atoms with E-state index in [0.29, 0.717) is 12.3 Å². The van der Waals surface area contributed by atoms with Crippen LogP contribution in [0, 0.1) is 5.82 Å². The molecule has 1 heterocycles. The van der Waals surface area contributed by atoms with Crippen LogP contribution in [0.4, 0.5) is 4.39 Å². The summed E-state index contributed by atoms with van der Waals surface area (Å²) in [5.74, 6) is 0.0566. The first-order chi connectivity index (χ1) is 14.0. The maximum atomic E-state index is 13.0. The van der Waals surface area contributed by atoms with Gasteiger partial charge in [-0.3, -0.25) is 9.59 Å². The highest BCUT2D eigenvalue weighted by molar-refractivity contribution is 5.79. The Morgan fingerprint density at radius 2 is 1.79 bits per heavy atom. The van der Waals surface area contributed by atoms with E-state index in [0.717, 1.165) is 21.6 Å². The van der Waals surface area contributed by atoms with E-state index in [1.54, 1.807) is 25.1 Å². The van der Waals surface area contributed by atoms with Crippen LogP contribution in [-0.4, -0.2) is 22.3 Å². The number of carbonyl (C=O) groups is 1. The molecule has 0 fully saturated rings. The van der Waals surface area contributed by atoms with Crippen LogP contribution < -0.4 is 15.6 Å². The molecule has 0 aliphatic rings. The molecule has 7 heteroatoms. The molecule has 0 bridgehead atoms. The minimum absolute atomic E-state index is 0.233. The van der Waals surface area contributed by atoms with Gasteiger partial charge in [0.1, 0.15) is 17.6 Å². The monoisotopic (exact) mass is 395 g/mol. The average Bonchev–Trinajstić information content (AvgIpc) is 2.74. The van der Waals surface area contributed by atoms with Crippen LogP contribution >= 0.6 is 0 Å². The lowest BCUT2D eigenvalue weighted by molar-refractivity contribution is -0.124. The largest absolute Gasteiger partial charge is 0.494 e. The van der Waals surface area contributed by atoms with Crippen LogP contribution in [-0.2, 0) is 11.3 Å². The molecule has 0 saturated carbocycles. The van der Waals surface area contributed by atoms with Crippen LogP contribution in [0.25, 0.3) is 11.3 Å². The molecule has 1 N–H and O–H groups in total. The third-order valence-corrected chi connectivity index (χ3v) is 4.41. The van der Waals surface area contributed by atoms with Crippen molar-refractivity contribution in [2.24, 2.45) is 0 Å². The fraction of sp³-hybridized carbons (Fsp3) is 0.227. The van der Waals surface area contributed by atoms with Crippen molar-refractivity contribution in [1.82, 2.24) is 15.1 Å². The molecule has 3 rings (SSSR count). The van der Waals surface area contributed by atoms with Crippen LogP contribution in [0.5, 0.6) is 5.75 Å². The number of nitrogens with zero attached hydrogens (tertiary/aromatic N) is 2. The van der Waals surface area contributed by atoms with E-state index in [4.69, 9.17) is 4.74 Å². The minimum Gasteiger partial charge on any atom is -0.494 e. The Hall–Kier alpha value is -3.48. The number of nitrogens with one attached hydrogen (secondary N) is 1. The lowest BCUT2D eigenvalue weighted by Gasteiger charge is -2.15. The molecule has 0 aliphatic carbocycles. The van der Waals surface area contributed by atoms with Crippen molar-refractivity contribution in [3.05, 3.63) is 82.4 Å². The fourth-order valence-corrected chi connectivity index (χ4v) is 2.80. The highest BCUT2D eigenvalue weighted by Gasteiger charge is 2.18. The zero-order valence-electron chi connectivity index (χ0n) is 16.3. The van der Waals surface area contributed by atoms with E-state index in [1.165, 1.54) is 18.2 Å². The number of ether oxygens (including phenoxy) is 1. The number of benzene rings is 2. The first-order valence-electron chi connectivity index (χ1n) is 9.33. The van der Waals surface area contributed by atoms with Gasteiger partial charge in [0.2, 0.25) is 5.91 Å². The van der Waals surface area contributed by atoms with Crippen molar-refractivity contribution in [3.63, 3.8) is 0 Å². The van der Waals surface area contributed by atoms with E-state index in [9.17, 15) is 14.0 Å². The van der Waals surface area contributed by atoms with Crippen LogP contribution in [0.2, 0.25) is 0 Å². The highest BCUT2D eigenvalue weighted by Crippen LogP contribution is 2.20. The number of hydrogen-bond acceptors (Lipinski definition) is 4. The quantitative estimate of drug-likeness (QED) is 0.666. The molecule has 150 valence electrons. The number of rotatable bonds is 7. The summed E-state index contributed by atoms with van der Waals surface area (Å²) in [5.41, 5.74) is 1.77. The SMILES string of the molecule is CCOc1ccc(-c2ccc(=O)n(C(C)C(=O)NCc3ccc(F)cc3)n2)cc1. The van der Waals surface area contributed by atoms with Gasteiger partial charge in [-0.2, -0.15) is 5.10 Å². The summed E-state index contributed by atoms with van der Waals surface area (Å²) in [7, 11) is 0. The molecule has 0 aliphatic heterocycles. The molecule has 1 atom stereocenters. The summed E-state index contributed by atoms with van der Waals surface area (Å²) in [6.07, 6.45) is 0. The van der Waals surface area contributed by atoms with Gasteiger partial charge in [-0.1, -0.05) is 12.1 Å². The standard InChI is InChI=1S/C22H22FN3O3/c1-3-29-19-10-6-17(7-11-19)20-12-13-21(27)26(25-20)15(2)22(28)24-14-16-4-8-18(23)9-5-16/h4-13,15H,3,14H2,1-2H3,(H,24,28). The first kappa shape index (κ1) is 20.3. The Labute approximate surface area is 168 Å². The van der Waals surface area contributed by atoms with Crippen LogP contribution in [0.3, 0.4) is 0 Å². The number of halogens is 1. The van der Waals surface area contributed by atoms with Crippen molar-refractivity contribution >= 4 is 5.91 Å². The Morgan fingerprint density at radius 3 is 2.45 bits per heavy atom. The molecular formula is C22H22FN3O3. The molecule has 0 spiro atoms. The van der Waals surface area contributed by atoms with Gasteiger partial charge in [0.15, 0.2) is 0 Å². The van der Waals surface area contributed by atoms with Crippen molar-refractivity contribution in [2.45, 2.75) is 26.4 Å². The van der Waals surface area contributed by atoms with Crippen LogP contribution in [0.15, 0.2) is 65.5 Å². The zero-order chi connectivity index (χ0) is 20.8. The van der Waals surface area contributed by atoms with Gasteiger partial charge in [-0.05, 0) is 61.9 Å². The molecule has 0 saturated heterocycles. The summed E-state index contributed by atoms with van der Waals surface area (Å²) < 4.78 is 19.6. The van der Waals surface area contributed by atoms with Gasteiger partial charge in [0, 0.05) is 18.2 Å². The molecule has 3 aromatic rings. The van der Waals surface area contributed by atoms with Gasteiger partial charge >= 0.3 is 0 Å². The number of aromatic nitrogens is 2. The normalized spacial score (nSPS) is 11.7. The summed E-state index contributed by atoms with van der Waals surface area (Å²) in [5, 5.41) is 7.11. The summed E-state index contributed by atoms with van der Waals surface area (Å²) in [6.45, 7) is 4.33. The molecule has 6 nitrogen and oxygen atoms in total. The third kappa shape index (κ3) is 5.07. The highest BCUT2D eigenvalue weighted by atomic mass is 19.1. The van der Waals surface area contributed by atoms with Crippen LogP contribution in [0.1, 0.15) is 25.5 Å². The Balaban J connectivity index is 1.74. The molecule has 29 heavy (non-hydrogen) atoms. The lowest BCUT2D eigenvalue weighted by Crippen LogP contribution is -2.36. The van der Waals surface area contributed by atoms with E-state index in [-0.39, 0.29) is 23.8 Å². The second-order valence-electron chi connectivity index (χ2n) is 6.48. The maximum absolute atomic E-state index is 13.0. The predicted molar refractivity (Wildman–Crippen MR) is 108 cm³/mol. The summed E-state index contributed by atoms with van der Waals surface area (Å²) in [6, 6.07) is 15.4. The second kappa shape index (κ2) is 9.14. The molecule has 1 unspecified atom stereocenters. The van der Waals surface area contributed by atoms with E-state index >= 15 is 0 Å². The first-order valence-corrected chi connectivity index (χ1v) is 9.33. The molecule has 2 aromatic carbocycles. The van der Waals surface area contributed by atoms with Crippen molar-refractivity contribution in [1.29, 1.82) is 0 Å². The molecular weight excluding hydrogens is 373 g/mol. The fourth-order valence-electron chi connectivity index (χ4n) is 2.80. The minimum atomic E-state index is -0.800. The second-order valence-corrected chi connectivity index (χ2v) is 6.48. The topological polar surface area (TPSA) is 73.2 Å². The van der Waals surface area contributed by atoms with Gasteiger partial charge in [0.05, 0.1) is 12.3 Å². The zero-order valence-corrected chi connectivity index (χ0v) is 16.3. The Kier molecular flexibility index (Phi) is 6.39. The Morgan fingerprint density at radius 1 is 1.10 bits per heavy atom. The van der Waals surface area contributed by atoms with Crippen molar-refractivity contribution in [2.75, 3.05) is 6.61 Å². The van der Waals surface area contributed by atoms with Crippen molar-refractivity contribution < 1.29 is 13.9 Å². The molecule has 0 radical (unpaired) electrons. The van der Waals surface area contributed by atoms with E-state index in [1.807, 2.05) is 31.2 Å². The maximum Gasteiger partial charge on any atom is 0.267 e. The Bertz CT molecular complexity index is 1030. The summed E-state index contributed by atoms with van der Waals surface area (Å²) >= 11 is 0. The smallest absolute Gasteiger partial charge is 0.267 e. The van der Waals surface area contributed by atoms with E-state index < -0.39 is 6.04 Å².